The molecule has 0 saturated carbocycles. The Morgan fingerprint density at radius 1 is 1.26 bits per heavy atom. The lowest BCUT2D eigenvalue weighted by Gasteiger charge is -2.11. The zero-order valence-corrected chi connectivity index (χ0v) is 13.3. The lowest BCUT2D eigenvalue weighted by atomic mass is 10.3. The van der Waals surface area contributed by atoms with E-state index in [1.807, 2.05) is 0 Å². The number of nitrogens with zero attached hydrogens (tertiary/aromatic N) is 7. The van der Waals surface area contributed by atoms with Gasteiger partial charge < -0.3 is 10.2 Å². The van der Waals surface area contributed by atoms with Gasteiger partial charge in [0.05, 0.1) is 19.3 Å². The largest absolute Gasteiger partial charge is 0.394 e. The van der Waals surface area contributed by atoms with Crippen LogP contribution in [0, 0.1) is 0 Å². The minimum atomic E-state index is -1.11. The highest BCUT2D eigenvalue weighted by atomic mass is 16.3. The van der Waals surface area contributed by atoms with Crippen LogP contribution in [0.4, 0.5) is 5.95 Å². The Hall–Kier alpha value is -2.53. The van der Waals surface area contributed by atoms with Gasteiger partial charge in [0.15, 0.2) is 11.2 Å². The highest BCUT2D eigenvalue weighted by molar-refractivity contribution is 5.73. The average Bonchev–Trinajstić information content (AvgIpc) is 2.87. The molecule has 23 heavy (non-hydrogen) atoms. The van der Waals surface area contributed by atoms with Crippen LogP contribution in [0.25, 0.3) is 11.2 Å². The molecule has 0 aliphatic rings. The summed E-state index contributed by atoms with van der Waals surface area (Å²) < 4.78 is 3.50. The first-order chi connectivity index (χ1) is 10.8. The third-order valence-corrected chi connectivity index (χ3v) is 3.24. The molecule has 0 spiro atoms. The molecule has 0 bridgehead atoms. The summed E-state index contributed by atoms with van der Waals surface area (Å²) in [7, 11) is 6.16. The third kappa shape index (κ3) is 3.00. The van der Waals surface area contributed by atoms with E-state index < -0.39 is 24.0 Å². The van der Waals surface area contributed by atoms with E-state index in [0.717, 1.165) is 4.57 Å². The number of aromatic nitrogens is 4. The van der Waals surface area contributed by atoms with E-state index in [4.69, 9.17) is 5.11 Å². The predicted octanol–water partition coefficient (Wildman–Crippen LogP) is -1.65. The van der Waals surface area contributed by atoms with Gasteiger partial charge in [0, 0.05) is 28.2 Å². The number of hydrogen-bond donors (Lipinski definition) is 2. The summed E-state index contributed by atoms with van der Waals surface area (Å²) in [6.07, 6.45) is -1.11. The van der Waals surface area contributed by atoms with Crippen molar-refractivity contribution in [3.63, 3.8) is 0 Å². The molecule has 2 rings (SSSR count). The zero-order valence-electron chi connectivity index (χ0n) is 13.3. The summed E-state index contributed by atoms with van der Waals surface area (Å²) in [5, 5.41) is 27.9. The van der Waals surface area contributed by atoms with E-state index in [2.05, 4.69) is 15.3 Å². The van der Waals surface area contributed by atoms with Gasteiger partial charge >= 0.3 is 5.69 Å². The van der Waals surface area contributed by atoms with E-state index >= 15 is 0 Å². The van der Waals surface area contributed by atoms with Crippen molar-refractivity contribution in [1.82, 2.24) is 23.7 Å². The Labute approximate surface area is 130 Å². The van der Waals surface area contributed by atoms with Gasteiger partial charge in [-0.05, 0) is 0 Å². The first-order valence-electron chi connectivity index (χ1n) is 6.82. The molecule has 0 amide bonds. The summed E-state index contributed by atoms with van der Waals surface area (Å²) in [5.41, 5.74) is -0.844. The number of imidazole rings is 1. The number of aliphatic hydroxyl groups excluding tert-OH is 2. The van der Waals surface area contributed by atoms with Crippen LogP contribution in [0.15, 0.2) is 19.9 Å². The second kappa shape index (κ2) is 6.30. The molecule has 1 atom stereocenters. The van der Waals surface area contributed by atoms with Crippen molar-refractivity contribution in [2.45, 2.75) is 12.6 Å². The number of aliphatic hydroxyl groups is 2. The summed E-state index contributed by atoms with van der Waals surface area (Å²) >= 11 is 0. The highest BCUT2D eigenvalue weighted by Gasteiger charge is 2.20. The normalized spacial score (nSPS) is 13.1. The van der Waals surface area contributed by atoms with Crippen LogP contribution in [-0.2, 0) is 20.6 Å². The van der Waals surface area contributed by atoms with Gasteiger partial charge in [0.1, 0.15) is 0 Å². The predicted molar refractivity (Wildman–Crippen MR) is 81.5 cm³/mol. The van der Waals surface area contributed by atoms with Gasteiger partial charge in [-0.25, -0.2) is 4.79 Å². The second-order valence-electron chi connectivity index (χ2n) is 5.27. The smallest absolute Gasteiger partial charge is 0.332 e. The Kier molecular flexibility index (Phi) is 4.61. The maximum Gasteiger partial charge on any atom is 0.332 e. The fourth-order valence-corrected chi connectivity index (χ4v) is 2.08. The van der Waals surface area contributed by atoms with Crippen LogP contribution in [0.5, 0.6) is 0 Å². The third-order valence-electron chi connectivity index (χ3n) is 3.24. The monoisotopic (exact) mass is 325 g/mol. The van der Waals surface area contributed by atoms with E-state index in [-0.39, 0.29) is 23.7 Å². The van der Waals surface area contributed by atoms with Crippen LogP contribution in [0.1, 0.15) is 0 Å². The first-order valence-corrected chi connectivity index (χ1v) is 6.82. The van der Waals surface area contributed by atoms with Crippen LogP contribution in [0.3, 0.4) is 0 Å². The van der Waals surface area contributed by atoms with Crippen LogP contribution in [0.2, 0.25) is 0 Å². The van der Waals surface area contributed by atoms with Crippen LogP contribution < -0.4 is 11.2 Å². The van der Waals surface area contributed by atoms with E-state index in [9.17, 15) is 14.7 Å². The summed E-state index contributed by atoms with van der Waals surface area (Å²) in [6, 6.07) is 0. The summed E-state index contributed by atoms with van der Waals surface area (Å²) in [4.78, 5) is 28.6. The molecular weight excluding hydrogens is 306 g/mol. The molecule has 126 valence electrons. The lowest BCUT2D eigenvalue weighted by Crippen LogP contribution is -2.38. The minimum Gasteiger partial charge on any atom is -0.394 e. The zero-order chi connectivity index (χ0) is 17.3. The van der Waals surface area contributed by atoms with Crippen molar-refractivity contribution in [3.05, 3.63) is 20.8 Å². The van der Waals surface area contributed by atoms with Crippen LogP contribution >= 0.6 is 0 Å². The molecule has 0 aliphatic heterocycles. The number of hydrogen-bond acceptors (Lipinski definition) is 7. The minimum absolute atomic E-state index is 0.0551. The van der Waals surface area contributed by atoms with E-state index in [1.165, 1.54) is 28.2 Å². The molecule has 0 unspecified atom stereocenters. The maximum absolute atomic E-state index is 12.4. The molecule has 2 aromatic rings. The number of aryl methyl sites for hydroxylation is 1. The van der Waals surface area contributed by atoms with Gasteiger partial charge in [0.2, 0.25) is 0 Å². The molecule has 2 aromatic heterocycles. The molecule has 11 heteroatoms. The Bertz CT molecular complexity index is 861. The molecule has 0 radical (unpaired) electrons. The fraction of sp³-hybridized carbons (Fsp3) is 0.583. The molecule has 2 heterocycles. The fourth-order valence-electron chi connectivity index (χ4n) is 2.08. The first kappa shape index (κ1) is 16.8. The Balaban J connectivity index is 2.82. The van der Waals surface area contributed by atoms with Crippen LogP contribution in [-0.4, -0.2) is 60.7 Å². The van der Waals surface area contributed by atoms with Crippen molar-refractivity contribution in [2.75, 3.05) is 20.7 Å². The van der Waals surface area contributed by atoms with E-state index in [0.29, 0.717) is 0 Å². The van der Waals surface area contributed by atoms with Crippen molar-refractivity contribution >= 4 is 17.1 Å². The van der Waals surface area contributed by atoms with Gasteiger partial charge in [-0.15, -0.1) is 0 Å². The van der Waals surface area contributed by atoms with Gasteiger partial charge in [-0.3, -0.25) is 23.5 Å². The summed E-state index contributed by atoms with van der Waals surface area (Å²) in [5.74, 6) is 0.0551. The van der Waals surface area contributed by atoms with Crippen molar-refractivity contribution in [1.29, 1.82) is 0 Å². The van der Waals surface area contributed by atoms with E-state index in [1.54, 1.807) is 14.1 Å². The van der Waals surface area contributed by atoms with Gasteiger partial charge in [0.25, 0.3) is 11.5 Å². The van der Waals surface area contributed by atoms with Gasteiger partial charge in [-0.1, -0.05) is 10.3 Å². The molecule has 11 nitrogen and oxygen atoms in total. The lowest BCUT2D eigenvalue weighted by molar-refractivity contribution is 0.0823. The maximum atomic E-state index is 12.4. The quantitative estimate of drug-likeness (QED) is 0.500. The Morgan fingerprint density at radius 3 is 2.48 bits per heavy atom. The molecule has 2 N–H and O–H groups in total. The average molecular weight is 325 g/mol. The Morgan fingerprint density at radius 2 is 1.91 bits per heavy atom. The molecule has 0 saturated heterocycles. The van der Waals surface area contributed by atoms with Crippen molar-refractivity contribution < 1.29 is 10.2 Å². The van der Waals surface area contributed by atoms with Crippen molar-refractivity contribution in [3.8, 4) is 0 Å². The van der Waals surface area contributed by atoms with Crippen molar-refractivity contribution in [2.24, 2.45) is 24.4 Å². The molecule has 0 aliphatic carbocycles. The molecule has 0 aromatic carbocycles. The van der Waals surface area contributed by atoms with Gasteiger partial charge in [-0.2, -0.15) is 4.98 Å². The SMILES string of the molecule is CN(C)N=Nc1nc2c(c(=O)n(C)c(=O)n2C)n1C[C@@H](O)CO. The topological polar surface area (TPSA) is 130 Å². The second-order valence-corrected chi connectivity index (χ2v) is 5.27. The highest BCUT2D eigenvalue weighted by Crippen LogP contribution is 2.19. The standard InChI is InChI=1S/C12H19N7O4/c1-16(2)15-14-11-13-9-8(19(11)5-7(21)6-20)10(22)18(4)12(23)17(9)3/h7,20-21H,5-6H2,1-4H3/t7-/m1/s1. The summed E-state index contributed by atoms with van der Waals surface area (Å²) in [6.45, 7) is -0.599. The molecule has 0 fully saturated rings. The number of fused-ring (bicyclic) bond motifs is 1. The molecular formula is C12H19N7O4. The number of rotatable bonds is 5.